The molecule has 204 valence electrons. The molecule has 0 aliphatic heterocycles. The average molecular weight is 571 g/mol. The number of rotatable bonds is 6. The Morgan fingerprint density at radius 3 is 1.60 bits per heavy atom. The second-order valence-corrected chi connectivity index (χ2v) is 8.48. The van der Waals surface area contributed by atoms with Crippen LogP contribution in [0.15, 0.2) is 109 Å². The van der Waals surface area contributed by atoms with Gasteiger partial charge < -0.3 is 15.4 Å². The molecule has 0 saturated carbocycles. The fourth-order valence-corrected chi connectivity index (χ4v) is 3.50. The van der Waals surface area contributed by atoms with Crippen LogP contribution in [0.25, 0.3) is 11.3 Å². The monoisotopic (exact) mass is 570 g/mol. The molecule has 0 bridgehead atoms. The molecule has 5 nitrogen and oxygen atoms in total. The largest absolute Gasteiger partial charge is 0.573 e. The van der Waals surface area contributed by atoms with Crippen LogP contribution in [0.5, 0.6) is 5.75 Å². The van der Waals surface area contributed by atoms with Crippen molar-refractivity contribution in [3.05, 3.63) is 126 Å². The molecular weight excluding hydrogens is 551 g/mol. The Labute approximate surface area is 231 Å². The third kappa shape index (κ3) is 8.95. The molecule has 40 heavy (non-hydrogen) atoms. The molecule has 0 aliphatic carbocycles. The minimum atomic E-state index is -4.72. The zero-order valence-corrected chi connectivity index (χ0v) is 21.2. The van der Waals surface area contributed by atoms with E-state index in [9.17, 15) is 22.0 Å². The molecule has 0 aliphatic rings. The quantitative estimate of drug-likeness (QED) is 0.157. The van der Waals surface area contributed by atoms with Crippen LogP contribution in [0.3, 0.4) is 0 Å². The molecule has 3 aromatic carbocycles. The van der Waals surface area contributed by atoms with E-state index in [0.29, 0.717) is 33.7 Å². The first-order valence-corrected chi connectivity index (χ1v) is 12.0. The fourth-order valence-electron chi connectivity index (χ4n) is 3.33. The first-order chi connectivity index (χ1) is 19.1. The van der Waals surface area contributed by atoms with Crippen molar-refractivity contribution >= 4 is 34.6 Å². The van der Waals surface area contributed by atoms with E-state index in [1.165, 1.54) is 48.5 Å². The summed E-state index contributed by atoms with van der Waals surface area (Å²) in [5.41, 5.74) is 2.65. The van der Waals surface area contributed by atoms with Gasteiger partial charge >= 0.3 is 6.36 Å². The van der Waals surface area contributed by atoms with Crippen LogP contribution in [-0.4, -0.2) is 16.3 Å². The van der Waals surface area contributed by atoms with Crippen LogP contribution in [0.2, 0.25) is 5.15 Å². The fraction of sp³-hybridized carbons (Fsp3) is 0.0345. The predicted molar refractivity (Wildman–Crippen MR) is 145 cm³/mol. The zero-order chi connectivity index (χ0) is 28.5. The van der Waals surface area contributed by atoms with Gasteiger partial charge in [0, 0.05) is 16.9 Å². The third-order valence-corrected chi connectivity index (χ3v) is 5.29. The maximum atomic E-state index is 12.9. The smallest absolute Gasteiger partial charge is 0.406 e. The minimum Gasteiger partial charge on any atom is -0.406 e. The van der Waals surface area contributed by atoms with Gasteiger partial charge in [0.2, 0.25) is 0 Å². The second-order valence-electron chi connectivity index (χ2n) is 8.09. The summed E-state index contributed by atoms with van der Waals surface area (Å²) in [4.78, 5) is 8.45. The number of nitrogens with one attached hydrogen (secondary N) is 2. The normalized spacial score (nSPS) is 10.8. The lowest BCUT2D eigenvalue weighted by Crippen LogP contribution is -2.16. The lowest BCUT2D eigenvalue weighted by molar-refractivity contribution is -0.274. The standard InChI is InChI=1S/C18H12F4N2O.C11H8ClFN2/c19-13-6-8-14(9-7-13)23-17-3-1-2-16(24-17)12-4-10-15(11-5-12)25-18(20,21)22;12-10-2-1-3-11(15-10)14-9-6-4-8(13)5-7-9/h1-11H,(H,23,24);1-7H,(H,14,15). The number of halogens is 6. The molecule has 0 fully saturated rings. The first-order valence-electron chi connectivity index (χ1n) is 11.6. The first kappa shape index (κ1) is 28.3. The highest BCUT2D eigenvalue weighted by Crippen LogP contribution is 2.27. The predicted octanol–water partition coefficient (Wildman–Crippen LogP) is 9.15. The Morgan fingerprint density at radius 2 is 1.10 bits per heavy atom. The summed E-state index contributed by atoms with van der Waals surface area (Å²) in [5.74, 6) is 0.263. The molecule has 0 spiro atoms. The molecule has 0 unspecified atom stereocenters. The highest BCUT2D eigenvalue weighted by Gasteiger charge is 2.30. The van der Waals surface area contributed by atoms with E-state index in [4.69, 9.17) is 11.6 Å². The third-order valence-electron chi connectivity index (χ3n) is 5.08. The Bertz CT molecular complexity index is 1530. The van der Waals surface area contributed by atoms with E-state index < -0.39 is 6.36 Å². The Morgan fingerprint density at radius 1 is 0.600 bits per heavy atom. The lowest BCUT2D eigenvalue weighted by atomic mass is 10.1. The average Bonchev–Trinajstić information content (AvgIpc) is 2.92. The highest BCUT2D eigenvalue weighted by molar-refractivity contribution is 6.29. The van der Waals surface area contributed by atoms with Crippen molar-refractivity contribution in [2.45, 2.75) is 6.36 Å². The Hall–Kier alpha value is -4.70. The van der Waals surface area contributed by atoms with Gasteiger partial charge in [0.25, 0.3) is 0 Å². The molecular formula is C29H20ClF5N4O. The Balaban J connectivity index is 0.000000210. The van der Waals surface area contributed by atoms with Crippen LogP contribution in [-0.2, 0) is 0 Å². The van der Waals surface area contributed by atoms with Crippen molar-refractivity contribution in [3.8, 4) is 17.0 Å². The summed E-state index contributed by atoms with van der Waals surface area (Å²) in [7, 11) is 0. The summed E-state index contributed by atoms with van der Waals surface area (Å²) in [5, 5.41) is 6.46. The number of alkyl halides is 3. The molecule has 0 saturated heterocycles. The maximum Gasteiger partial charge on any atom is 0.573 e. The van der Waals surface area contributed by atoms with E-state index in [2.05, 4.69) is 25.3 Å². The van der Waals surface area contributed by atoms with Crippen LogP contribution in [0, 0.1) is 11.6 Å². The van der Waals surface area contributed by atoms with E-state index in [-0.39, 0.29) is 17.4 Å². The summed E-state index contributed by atoms with van der Waals surface area (Å²) in [6, 6.07) is 27.8. The van der Waals surface area contributed by atoms with Crippen molar-refractivity contribution in [1.29, 1.82) is 0 Å². The minimum absolute atomic E-state index is 0.264. The molecule has 5 rings (SSSR count). The van der Waals surface area contributed by atoms with Gasteiger partial charge in [-0.2, -0.15) is 0 Å². The molecule has 2 heterocycles. The van der Waals surface area contributed by atoms with Crippen molar-refractivity contribution in [3.63, 3.8) is 0 Å². The van der Waals surface area contributed by atoms with Crippen LogP contribution >= 0.6 is 11.6 Å². The molecule has 0 radical (unpaired) electrons. The maximum absolute atomic E-state index is 12.9. The molecule has 11 heteroatoms. The number of anilines is 4. The lowest BCUT2D eigenvalue weighted by Gasteiger charge is -2.10. The number of nitrogens with zero attached hydrogens (tertiary/aromatic N) is 2. The SMILES string of the molecule is Fc1ccc(Nc2cccc(-c3ccc(OC(F)(F)F)cc3)n2)cc1.Fc1ccc(Nc2cccc(Cl)n2)cc1. The zero-order valence-electron chi connectivity index (χ0n) is 20.5. The molecule has 5 aromatic rings. The number of ether oxygens (including phenoxy) is 1. The van der Waals surface area contributed by atoms with E-state index in [1.807, 2.05) is 0 Å². The summed E-state index contributed by atoms with van der Waals surface area (Å²) in [6.07, 6.45) is -4.72. The topological polar surface area (TPSA) is 59.1 Å². The van der Waals surface area contributed by atoms with Gasteiger partial charge in [-0.3, -0.25) is 0 Å². The van der Waals surface area contributed by atoms with Gasteiger partial charge in [-0.1, -0.05) is 23.7 Å². The van der Waals surface area contributed by atoms with Crippen LogP contribution < -0.4 is 15.4 Å². The van der Waals surface area contributed by atoms with E-state index >= 15 is 0 Å². The van der Waals surface area contributed by atoms with E-state index in [0.717, 1.165) is 5.69 Å². The van der Waals surface area contributed by atoms with Gasteiger partial charge in [-0.15, -0.1) is 13.2 Å². The summed E-state index contributed by atoms with van der Waals surface area (Å²) < 4.78 is 65.9. The molecule has 2 aromatic heterocycles. The van der Waals surface area contributed by atoms with Crippen LogP contribution in [0.1, 0.15) is 0 Å². The second kappa shape index (κ2) is 12.9. The van der Waals surface area contributed by atoms with Crippen LogP contribution in [0.4, 0.5) is 45.0 Å². The molecule has 0 atom stereocenters. The van der Waals surface area contributed by atoms with Gasteiger partial charge in [0.05, 0.1) is 5.69 Å². The highest BCUT2D eigenvalue weighted by atomic mass is 35.5. The van der Waals surface area contributed by atoms with E-state index in [1.54, 1.807) is 60.7 Å². The van der Waals surface area contributed by atoms with Crippen molar-refractivity contribution < 1.29 is 26.7 Å². The van der Waals surface area contributed by atoms with Gasteiger partial charge in [-0.25, -0.2) is 18.7 Å². The summed E-state index contributed by atoms with van der Waals surface area (Å²) in [6.45, 7) is 0. The summed E-state index contributed by atoms with van der Waals surface area (Å²) >= 11 is 5.73. The molecule has 2 N–H and O–H groups in total. The number of hydrogen-bond acceptors (Lipinski definition) is 5. The van der Waals surface area contributed by atoms with Crippen molar-refractivity contribution in [2.24, 2.45) is 0 Å². The van der Waals surface area contributed by atoms with Gasteiger partial charge in [0.1, 0.15) is 34.2 Å². The number of hydrogen-bond donors (Lipinski definition) is 2. The molecule has 0 amide bonds. The number of pyridine rings is 2. The number of aromatic nitrogens is 2. The van der Waals surface area contributed by atoms with Gasteiger partial charge in [-0.05, 0) is 97.1 Å². The Kier molecular flexibility index (Phi) is 9.13. The number of benzene rings is 3. The van der Waals surface area contributed by atoms with Gasteiger partial charge in [0.15, 0.2) is 0 Å². The van der Waals surface area contributed by atoms with Crippen molar-refractivity contribution in [2.75, 3.05) is 10.6 Å². The van der Waals surface area contributed by atoms with Crippen molar-refractivity contribution in [1.82, 2.24) is 9.97 Å².